The first-order chi connectivity index (χ1) is 13.1. The zero-order valence-electron chi connectivity index (χ0n) is 15.4. The lowest BCUT2D eigenvalue weighted by Crippen LogP contribution is -2.49. The molecule has 0 spiro atoms. The molecule has 3 aromatic rings. The van der Waals surface area contributed by atoms with Gasteiger partial charge in [-0.25, -0.2) is 4.68 Å². The molecule has 1 aromatic carbocycles. The highest BCUT2D eigenvalue weighted by molar-refractivity contribution is 5.98. The lowest BCUT2D eigenvalue weighted by Gasteiger charge is -2.34. The number of carbonyl (C=O) groups excluding carboxylic acids is 1. The van der Waals surface area contributed by atoms with Crippen LogP contribution in [-0.2, 0) is 6.54 Å². The second kappa shape index (κ2) is 7.36. The van der Waals surface area contributed by atoms with Gasteiger partial charge in [-0.15, -0.1) is 0 Å². The number of aryl methyl sites for hydroxylation is 1. The van der Waals surface area contributed by atoms with E-state index in [1.807, 2.05) is 42.3 Å². The van der Waals surface area contributed by atoms with E-state index in [1.165, 1.54) is 4.68 Å². The number of carbonyl (C=O) groups is 1. The van der Waals surface area contributed by atoms with Gasteiger partial charge < -0.3 is 9.88 Å². The number of benzene rings is 1. The molecule has 1 saturated heterocycles. The van der Waals surface area contributed by atoms with Gasteiger partial charge in [0.05, 0.1) is 12.2 Å². The van der Waals surface area contributed by atoms with Crippen LogP contribution >= 0.6 is 0 Å². The van der Waals surface area contributed by atoms with Crippen LogP contribution in [0, 0.1) is 6.92 Å². The van der Waals surface area contributed by atoms with Gasteiger partial charge in [0.25, 0.3) is 11.5 Å². The van der Waals surface area contributed by atoms with E-state index in [2.05, 4.69) is 15.0 Å². The van der Waals surface area contributed by atoms with Crippen molar-refractivity contribution in [1.82, 2.24) is 24.6 Å². The summed E-state index contributed by atoms with van der Waals surface area (Å²) in [6.07, 6.45) is 1.88. The fraction of sp³-hybridized carbons (Fsp3) is 0.350. The number of hydrogen-bond donors (Lipinski definition) is 1. The minimum atomic E-state index is -0.0745. The molecule has 0 saturated carbocycles. The van der Waals surface area contributed by atoms with Gasteiger partial charge in [0.1, 0.15) is 0 Å². The monoisotopic (exact) mass is 365 g/mol. The molecule has 7 nitrogen and oxygen atoms in total. The number of rotatable bonds is 4. The van der Waals surface area contributed by atoms with Crippen molar-refractivity contribution in [2.45, 2.75) is 13.5 Å². The Morgan fingerprint density at radius 3 is 2.70 bits per heavy atom. The van der Waals surface area contributed by atoms with E-state index in [0.717, 1.165) is 41.8 Å². The lowest BCUT2D eigenvalue weighted by atomic mass is 10.1. The molecule has 1 aliphatic rings. The van der Waals surface area contributed by atoms with E-state index in [-0.39, 0.29) is 11.5 Å². The largest absolute Gasteiger partial charge is 0.361 e. The SMILES string of the molecule is Cc1ccc(=O)n(CCN2CCN(C(=O)c3ccc4[nH]ccc4c3)CC2)n1. The van der Waals surface area contributed by atoms with Crippen molar-refractivity contribution in [3.8, 4) is 0 Å². The summed E-state index contributed by atoms with van der Waals surface area (Å²) in [6.45, 7) is 6.20. The van der Waals surface area contributed by atoms with Crippen LogP contribution in [0.15, 0.2) is 47.4 Å². The summed E-state index contributed by atoms with van der Waals surface area (Å²) in [7, 11) is 0. The van der Waals surface area contributed by atoms with Crippen molar-refractivity contribution in [3.05, 3.63) is 64.2 Å². The fourth-order valence-electron chi connectivity index (χ4n) is 3.49. The van der Waals surface area contributed by atoms with Gasteiger partial charge in [-0.3, -0.25) is 14.5 Å². The molecule has 0 radical (unpaired) electrons. The van der Waals surface area contributed by atoms with Gasteiger partial charge in [0.15, 0.2) is 0 Å². The second-order valence-electron chi connectivity index (χ2n) is 6.95. The van der Waals surface area contributed by atoms with Crippen LogP contribution in [0.25, 0.3) is 10.9 Å². The average molecular weight is 365 g/mol. The highest BCUT2D eigenvalue weighted by Crippen LogP contribution is 2.16. The second-order valence-corrected chi connectivity index (χ2v) is 6.95. The van der Waals surface area contributed by atoms with Gasteiger partial charge in [0, 0.05) is 61.5 Å². The molecule has 0 bridgehead atoms. The minimum Gasteiger partial charge on any atom is -0.361 e. The van der Waals surface area contributed by atoms with E-state index >= 15 is 0 Å². The molecule has 0 atom stereocenters. The van der Waals surface area contributed by atoms with Crippen LogP contribution in [0.2, 0.25) is 0 Å². The molecule has 4 rings (SSSR count). The fourth-order valence-corrected chi connectivity index (χ4v) is 3.49. The lowest BCUT2D eigenvalue weighted by molar-refractivity contribution is 0.0631. The van der Waals surface area contributed by atoms with E-state index in [4.69, 9.17) is 0 Å². The van der Waals surface area contributed by atoms with Gasteiger partial charge >= 0.3 is 0 Å². The summed E-state index contributed by atoms with van der Waals surface area (Å²) in [5.74, 6) is 0.0781. The topological polar surface area (TPSA) is 74.2 Å². The summed E-state index contributed by atoms with van der Waals surface area (Å²) in [4.78, 5) is 31.9. The molecule has 1 fully saturated rings. The Labute approximate surface area is 157 Å². The minimum absolute atomic E-state index is 0.0745. The van der Waals surface area contributed by atoms with Crippen molar-refractivity contribution < 1.29 is 4.79 Å². The third-order valence-electron chi connectivity index (χ3n) is 5.09. The predicted molar refractivity (Wildman–Crippen MR) is 104 cm³/mol. The normalized spacial score (nSPS) is 15.4. The number of nitrogens with one attached hydrogen (secondary N) is 1. The Bertz CT molecular complexity index is 1010. The summed E-state index contributed by atoms with van der Waals surface area (Å²) in [5.41, 5.74) is 2.53. The van der Waals surface area contributed by atoms with Crippen LogP contribution in [0.1, 0.15) is 16.1 Å². The van der Waals surface area contributed by atoms with E-state index in [9.17, 15) is 9.59 Å². The Kier molecular flexibility index (Phi) is 4.77. The third kappa shape index (κ3) is 3.78. The zero-order chi connectivity index (χ0) is 18.8. The van der Waals surface area contributed by atoms with Gasteiger partial charge in [-0.1, -0.05) is 0 Å². The molecule has 27 heavy (non-hydrogen) atoms. The average Bonchev–Trinajstić information content (AvgIpc) is 3.16. The number of nitrogens with zero attached hydrogens (tertiary/aromatic N) is 4. The Balaban J connectivity index is 1.33. The number of aromatic amines is 1. The summed E-state index contributed by atoms with van der Waals surface area (Å²) in [6, 6.07) is 11.0. The molecule has 2 aromatic heterocycles. The van der Waals surface area contributed by atoms with Gasteiger partial charge in [-0.05, 0) is 37.3 Å². The summed E-state index contributed by atoms with van der Waals surface area (Å²) >= 11 is 0. The van der Waals surface area contributed by atoms with Crippen LogP contribution < -0.4 is 5.56 Å². The number of amides is 1. The van der Waals surface area contributed by atoms with Crippen molar-refractivity contribution >= 4 is 16.8 Å². The van der Waals surface area contributed by atoms with Gasteiger partial charge in [0.2, 0.25) is 0 Å². The summed E-state index contributed by atoms with van der Waals surface area (Å²) < 4.78 is 1.51. The Morgan fingerprint density at radius 1 is 1.07 bits per heavy atom. The zero-order valence-corrected chi connectivity index (χ0v) is 15.4. The summed E-state index contributed by atoms with van der Waals surface area (Å²) in [5, 5.41) is 5.32. The van der Waals surface area contributed by atoms with Crippen LogP contribution in [0.3, 0.4) is 0 Å². The number of hydrogen-bond acceptors (Lipinski definition) is 4. The molecule has 0 aliphatic carbocycles. The van der Waals surface area contributed by atoms with E-state index in [1.54, 1.807) is 12.1 Å². The van der Waals surface area contributed by atoms with Crippen molar-refractivity contribution in [2.75, 3.05) is 32.7 Å². The molecule has 7 heteroatoms. The van der Waals surface area contributed by atoms with Gasteiger partial charge in [-0.2, -0.15) is 5.10 Å². The highest BCUT2D eigenvalue weighted by atomic mass is 16.2. The maximum atomic E-state index is 12.8. The van der Waals surface area contributed by atoms with Crippen LogP contribution in [0.5, 0.6) is 0 Å². The van der Waals surface area contributed by atoms with Crippen LogP contribution in [-0.4, -0.2) is 63.2 Å². The number of aromatic nitrogens is 3. The molecule has 140 valence electrons. The number of piperazine rings is 1. The highest BCUT2D eigenvalue weighted by Gasteiger charge is 2.22. The molecule has 1 N–H and O–H groups in total. The van der Waals surface area contributed by atoms with Crippen molar-refractivity contribution in [3.63, 3.8) is 0 Å². The predicted octanol–water partition coefficient (Wildman–Crippen LogP) is 1.49. The molecule has 0 unspecified atom stereocenters. The molecular weight excluding hydrogens is 342 g/mol. The molecule has 1 aliphatic heterocycles. The first-order valence-electron chi connectivity index (χ1n) is 9.24. The van der Waals surface area contributed by atoms with Crippen molar-refractivity contribution in [1.29, 1.82) is 0 Å². The molecule has 1 amide bonds. The maximum absolute atomic E-state index is 12.8. The van der Waals surface area contributed by atoms with E-state index in [0.29, 0.717) is 19.6 Å². The number of fused-ring (bicyclic) bond motifs is 1. The standard InChI is InChI=1S/C20H23N5O2/c1-15-2-5-19(26)25(22-15)13-10-23-8-11-24(12-9-23)20(27)17-3-4-18-16(14-17)6-7-21-18/h2-7,14,21H,8-13H2,1H3. The Morgan fingerprint density at radius 2 is 1.89 bits per heavy atom. The Hall–Kier alpha value is -2.93. The molecular formula is C20H23N5O2. The quantitative estimate of drug-likeness (QED) is 0.760. The first kappa shape index (κ1) is 17.5. The van der Waals surface area contributed by atoms with E-state index < -0.39 is 0 Å². The number of H-pyrrole nitrogens is 1. The first-order valence-corrected chi connectivity index (χ1v) is 9.24. The smallest absolute Gasteiger partial charge is 0.266 e. The van der Waals surface area contributed by atoms with Crippen molar-refractivity contribution in [2.24, 2.45) is 0 Å². The molecule has 3 heterocycles. The third-order valence-corrected chi connectivity index (χ3v) is 5.09. The van der Waals surface area contributed by atoms with Crippen LogP contribution in [0.4, 0.5) is 0 Å². The maximum Gasteiger partial charge on any atom is 0.266 e.